The normalized spacial score (nSPS) is 12.6. The first kappa shape index (κ1) is 25.4. The van der Waals surface area contributed by atoms with Gasteiger partial charge in [-0.1, -0.05) is 52.7 Å². The molecule has 0 saturated heterocycles. The van der Waals surface area contributed by atoms with Crippen LogP contribution in [0.25, 0.3) is 0 Å². The summed E-state index contributed by atoms with van der Waals surface area (Å²) in [6, 6.07) is 5.28. The van der Waals surface area contributed by atoms with Crippen molar-refractivity contribution >= 4 is 11.9 Å². The summed E-state index contributed by atoms with van der Waals surface area (Å²) in [7, 11) is 0. The van der Waals surface area contributed by atoms with Gasteiger partial charge in [-0.25, -0.2) is 9.78 Å². The van der Waals surface area contributed by atoms with Gasteiger partial charge in [0, 0.05) is 12.7 Å². The van der Waals surface area contributed by atoms with Crippen LogP contribution in [0.2, 0.25) is 0 Å². The summed E-state index contributed by atoms with van der Waals surface area (Å²) >= 11 is 0. The highest BCUT2D eigenvalue weighted by atomic mass is 16.4. The third-order valence-corrected chi connectivity index (χ3v) is 4.93. The number of allylic oxidation sites excluding steroid dienone is 7. The van der Waals surface area contributed by atoms with E-state index in [4.69, 9.17) is 0 Å². The molecule has 30 heavy (non-hydrogen) atoms. The lowest BCUT2D eigenvalue weighted by atomic mass is 10.0. The molecule has 0 saturated carbocycles. The number of carboxylic acid groups (broad SMARTS) is 1. The number of rotatable bonds is 12. The first-order valence-electron chi connectivity index (χ1n) is 10.8. The highest BCUT2D eigenvalue weighted by Crippen LogP contribution is 2.14. The molecule has 0 atom stereocenters. The molecule has 1 aromatic rings. The average molecular weight is 411 g/mol. The van der Waals surface area contributed by atoms with E-state index in [9.17, 15) is 9.90 Å². The highest BCUT2D eigenvalue weighted by Gasteiger charge is 2.13. The van der Waals surface area contributed by atoms with Crippen molar-refractivity contribution in [1.29, 1.82) is 0 Å². The number of anilines is 1. The van der Waals surface area contributed by atoms with Gasteiger partial charge in [-0.3, -0.25) is 4.90 Å². The summed E-state index contributed by atoms with van der Waals surface area (Å²) in [5.74, 6) is 0.453. The Kier molecular flexibility index (Phi) is 12.2. The van der Waals surface area contributed by atoms with Gasteiger partial charge in [0.05, 0.1) is 0 Å². The smallest absolute Gasteiger partial charge is 0.413 e. The van der Waals surface area contributed by atoms with Gasteiger partial charge in [0.25, 0.3) is 0 Å². The molecule has 0 radical (unpaired) electrons. The number of carbonyl (C=O) groups is 1. The third-order valence-electron chi connectivity index (χ3n) is 4.93. The number of hydrogen-bond donors (Lipinski definition) is 1. The van der Waals surface area contributed by atoms with Crippen LogP contribution in [0.15, 0.2) is 71.0 Å². The molecule has 0 aliphatic carbocycles. The molecule has 1 aromatic heterocycles. The van der Waals surface area contributed by atoms with Crippen LogP contribution in [-0.4, -0.2) is 22.7 Å². The molecule has 164 valence electrons. The summed E-state index contributed by atoms with van der Waals surface area (Å²) < 4.78 is 0. The lowest BCUT2D eigenvalue weighted by Crippen LogP contribution is -2.30. The second-order valence-corrected chi connectivity index (χ2v) is 8.13. The maximum absolute atomic E-state index is 11.5. The number of hydrogen-bond acceptors (Lipinski definition) is 2. The van der Waals surface area contributed by atoms with Crippen molar-refractivity contribution in [2.24, 2.45) is 0 Å². The largest absolute Gasteiger partial charge is 0.465 e. The Morgan fingerprint density at radius 1 is 0.867 bits per heavy atom. The minimum atomic E-state index is -0.988. The Balaban J connectivity index is 2.40. The van der Waals surface area contributed by atoms with Crippen LogP contribution in [0, 0.1) is 0 Å². The fourth-order valence-corrected chi connectivity index (χ4v) is 3.02. The topological polar surface area (TPSA) is 53.4 Å². The van der Waals surface area contributed by atoms with Crippen LogP contribution in [0.5, 0.6) is 0 Å². The summed E-state index contributed by atoms with van der Waals surface area (Å²) in [6.45, 7) is 11.1. The summed E-state index contributed by atoms with van der Waals surface area (Å²) in [6.07, 6.45) is 15.9. The second-order valence-electron chi connectivity index (χ2n) is 8.13. The van der Waals surface area contributed by atoms with Crippen LogP contribution in [0.4, 0.5) is 10.6 Å². The van der Waals surface area contributed by atoms with Gasteiger partial charge in [0.2, 0.25) is 0 Å². The van der Waals surface area contributed by atoms with Gasteiger partial charge in [0.15, 0.2) is 0 Å². The van der Waals surface area contributed by atoms with Crippen molar-refractivity contribution in [3.8, 4) is 0 Å². The molecule has 1 N–H and O–H groups in total. The molecule has 4 nitrogen and oxygen atoms in total. The second kappa shape index (κ2) is 14.4. The predicted octanol–water partition coefficient (Wildman–Crippen LogP) is 7.71. The lowest BCUT2D eigenvalue weighted by Gasteiger charge is -2.16. The van der Waals surface area contributed by atoms with E-state index in [0.29, 0.717) is 12.4 Å². The average Bonchev–Trinajstić information content (AvgIpc) is 2.68. The Morgan fingerprint density at radius 3 is 1.87 bits per heavy atom. The summed E-state index contributed by atoms with van der Waals surface area (Å²) in [4.78, 5) is 16.9. The SMILES string of the molecule is CC(C)=CCC/C(C)=C/CC/C(C)=C/CC/C(C)=C/CN(C(=O)O)c1ccccn1. The van der Waals surface area contributed by atoms with Crippen LogP contribution in [-0.2, 0) is 0 Å². The van der Waals surface area contributed by atoms with E-state index >= 15 is 0 Å². The van der Waals surface area contributed by atoms with Crippen molar-refractivity contribution in [2.45, 2.75) is 73.1 Å². The first-order chi connectivity index (χ1) is 14.3. The fourth-order valence-electron chi connectivity index (χ4n) is 3.02. The molecule has 1 amide bonds. The molecular weight excluding hydrogens is 372 g/mol. The summed E-state index contributed by atoms with van der Waals surface area (Å²) in [5.41, 5.74) is 5.46. The monoisotopic (exact) mass is 410 g/mol. The van der Waals surface area contributed by atoms with E-state index in [2.05, 4.69) is 57.8 Å². The van der Waals surface area contributed by atoms with Crippen molar-refractivity contribution in [3.05, 3.63) is 71.0 Å². The van der Waals surface area contributed by atoms with Gasteiger partial charge in [0.1, 0.15) is 5.82 Å². The molecule has 4 heteroatoms. The molecule has 0 bridgehead atoms. The van der Waals surface area contributed by atoms with E-state index in [-0.39, 0.29) is 0 Å². The van der Waals surface area contributed by atoms with Gasteiger partial charge >= 0.3 is 6.09 Å². The van der Waals surface area contributed by atoms with Crippen LogP contribution in [0.1, 0.15) is 73.1 Å². The lowest BCUT2D eigenvalue weighted by molar-refractivity contribution is 0.202. The number of pyridine rings is 1. The van der Waals surface area contributed by atoms with Crippen molar-refractivity contribution < 1.29 is 9.90 Å². The van der Waals surface area contributed by atoms with Crippen molar-refractivity contribution in [1.82, 2.24) is 4.98 Å². The minimum Gasteiger partial charge on any atom is -0.465 e. The molecule has 1 rings (SSSR count). The standard InChI is InChI=1S/C26H38N2O2/c1-21(2)11-8-12-22(3)13-9-14-23(4)15-10-16-24(5)18-20-28(26(29)30)25-17-6-7-19-27-25/h6-7,11,13,15,17-19H,8-10,12,14,16,20H2,1-5H3,(H,29,30)/b22-13+,23-15+,24-18+. The Hall–Kier alpha value is -2.62. The minimum absolute atomic E-state index is 0.317. The molecule has 1 heterocycles. The zero-order valence-electron chi connectivity index (χ0n) is 19.3. The van der Waals surface area contributed by atoms with Crippen LogP contribution < -0.4 is 4.90 Å². The molecule has 0 spiro atoms. The van der Waals surface area contributed by atoms with E-state index in [1.807, 2.05) is 6.08 Å². The maximum Gasteiger partial charge on any atom is 0.413 e. The molecule has 0 unspecified atom stereocenters. The molecule has 0 aliphatic rings. The van der Waals surface area contributed by atoms with Crippen molar-refractivity contribution in [2.75, 3.05) is 11.4 Å². The Morgan fingerprint density at radius 2 is 1.40 bits per heavy atom. The zero-order valence-corrected chi connectivity index (χ0v) is 19.3. The number of amides is 1. The zero-order chi connectivity index (χ0) is 22.4. The maximum atomic E-state index is 11.5. The van der Waals surface area contributed by atoms with Gasteiger partial charge in [-0.05, 0) is 85.3 Å². The van der Waals surface area contributed by atoms with Crippen LogP contribution >= 0.6 is 0 Å². The summed E-state index contributed by atoms with van der Waals surface area (Å²) in [5, 5.41) is 9.42. The van der Waals surface area contributed by atoms with Gasteiger partial charge in [-0.15, -0.1) is 0 Å². The molecule has 0 aromatic carbocycles. The number of nitrogens with zero attached hydrogens (tertiary/aromatic N) is 2. The van der Waals surface area contributed by atoms with E-state index in [1.54, 1.807) is 24.4 Å². The molecular formula is C26H38N2O2. The predicted molar refractivity (Wildman–Crippen MR) is 128 cm³/mol. The third kappa shape index (κ3) is 11.4. The number of aromatic nitrogens is 1. The quantitative estimate of drug-likeness (QED) is 0.359. The van der Waals surface area contributed by atoms with E-state index in [0.717, 1.165) is 38.5 Å². The Labute approximate surface area is 182 Å². The molecule has 0 fully saturated rings. The van der Waals surface area contributed by atoms with E-state index in [1.165, 1.54) is 27.2 Å². The van der Waals surface area contributed by atoms with Gasteiger partial charge in [-0.2, -0.15) is 0 Å². The first-order valence-corrected chi connectivity index (χ1v) is 10.8. The highest BCUT2D eigenvalue weighted by molar-refractivity contribution is 5.84. The Bertz CT molecular complexity index is 769. The fraction of sp³-hybridized carbons (Fsp3) is 0.462. The van der Waals surface area contributed by atoms with Gasteiger partial charge < -0.3 is 5.11 Å². The molecule has 0 aliphatic heterocycles. The van der Waals surface area contributed by atoms with E-state index < -0.39 is 6.09 Å². The van der Waals surface area contributed by atoms with Crippen molar-refractivity contribution in [3.63, 3.8) is 0 Å². The van der Waals surface area contributed by atoms with Crippen LogP contribution in [0.3, 0.4) is 0 Å².